The number of carbonyl (C=O) groups excluding carboxylic acids is 1. The Hall–Kier alpha value is -2.36. The maximum atomic E-state index is 11.9. The molecule has 1 aromatic carbocycles. The summed E-state index contributed by atoms with van der Waals surface area (Å²) in [4.78, 5) is 11.9. The zero-order valence-corrected chi connectivity index (χ0v) is 10.3. The zero-order chi connectivity index (χ0) is 13.1. The lowest BCUT2D eigenvalue weighted by Gasteiger charge is -1.95. The Morgan fingerprint density at radius 2 is 2.00 bits per heavy atom. The number of allylic oxidation sites excluding steroid dienone is 1. The molecule has 1 N–H and O–H groups in total. The first-order chi connectivity index (χ1) is 8.56. The minimum absolute atomic E-state index is 0.0988. The van der Waals surface area contributed by atoms with E-state index in [1.165, 1.54) is 18.2 Å². The van der Waals surface area contributed by atoms with E-state index in [1.54, 1.807) is 22.9 Å². The summed E-state index contributed by atoms with van der Waals surface area (Å²) < 4.78 is 1.71. The lowest BCUT2D eigenvalue weighted by molar-refractivity contribution is 0.104. The molecule has 0 saturated heterocycles. The lowest BCUT2D eigenvalue weighted by Crippen LogP contribution is -1.92. The van der Waals surface area contributed by atoms with Crippen LogP contribution >= 0.6 is 0 Å². The molecule has 1 aromatic heterocycles. The molecule has 1 heterocycles. The van der Waals surface area contributed by atoms with Crippen LogP contribution < -0.4 is 0 Å². The summed E-state index contributed by atoms with van der Waals surface area (Å²) >= 11 is 0. The predicted molar refractivity (Wildman–Crippen MR) is 69.4 cm³/mol. The molecule has 0 spiro atoms. The van der Waals surface area contributed by atoms with E-state index in [0.29, 0.717) is 5.56 Å². The second-order valence-electron chi connectivity index (χ2n) is 4.09. The Bertz CT molecular complexity index is 595. The average molecular weight is 242 g/mol. The van der Waals surface area contributed by atoms with E-state index in [9.17, 15) is 4.79 Å². The molecule has 2 aromatic rings. The summed E-state index contributed by atoms with van der Waals surface area (Å²) in [5.41, 5.74) is 2.35. The first-order valence-electron chi connectivity index (χ1n) is 5.58. The van der Waals surface area contributed by atoms with Crippen LogP contribution in [0.4, 0.5) is 0 Å². The number of hydrogen-bond acceptors (Lipinski definition) is 3. The van der Waals surface area contributed by atoms with Gasteiger partial charge in [-0.3, -0.25) is 9.48 Å². The van der Waals surface area contributed by atoms with Crippen LogP contribution in [0.3, 0.4) is 0 Å². The first-order valence-corrected chi connectivity index (χ1v) is 5.58. The van der Waals surface area contributed by atoms with Crippen molar-refractivity contribution in [2.75, 3.05) is 0 Å². The monoisotopic (exact) mass is 242 g/mol. The maximum Gasteiger partial charge on any atom is 0.185 e. The van der Waals surface area contributed by atoms with E-state index in [4.69, 9.17) is 5.11 Å². The summed E-state index contributed by atoms with van der Waals surface area (Å²) in [6.07, 6.45) is 5.11. The fraction of sp³-hybridized carbons (Fsp3) is 0.143. The van der Waals surface area contributed by atoms with Crippen molar-refractivity contribution in [3.05, 3.63) is 53.4 Å². The molecule has 0 aliphatic heterocycles. The first kappa shape index (κ1) is 12.1. The van der Waals surface area contributed by atoms with Crippen LogP contribution in [0, 0.1) is 6.92 Å². The van der Waals surface area contributed by atoms with Gasteiger partial charge in [0.15, 0.2) is 5.78 Å². The van der Waals surface area contributed by atoms with Gasteiger partial charge < -0.3 is 5.11 Å². The summed E-state index contributed by atoms with van der Waals surface area (Å²) in [6.45, 7) is 1.89. The van der Waals surface area contributed by atoms with Gasteiger partial charge in [-0.25, -0.2) is 0 Å². The standard InChI is InChI=1S/C14H14N2O2/c1-10-12(9-16(2)15-10)5-8-14(18)11-3-6-13(17)7-4-11/h3-9,17H,1-2H3. The van der Waals surface area contributed by atoms with Crippen LogP contribution in [0.1, 0.15) is 21.6 Å². The molecule has 0 unspecified atom stereocenters. The van der Waals surface area contributed by atoms with Crippen molar-refractivity contribution in [2.24, 2.45) is 7.05 Å². The highest BCUT2D eigenvalue weighted by atomic mass is 16.3. The molecule has 0 fully saturated rings. The van der Waals surface area contributed by atoms with E-state index in [2.05, 4.69) is 5.10 Å². The van der Waals surface area contributed by atoms with Gasteiger partial charge in [-0.1, -0.05) is 0 Å². The molecule has 4 nitrogen and oxygen atoms in total. The summed E-state index contributed by atoms with van der Waals surface area (Å²) in [5, 5.41) is 13.3. The topological polar surface area (TPSA) is 55.1 Å². The highest BCUT2D eigenvalue weighted by Gasteiger charge is 2.03. The summed E-state index contributed by atoms with van der Waals surface area (Å²) in [6, 6.07) is 6.18. The van der Waals surface area contributed by atoms with Gasteiger partial charge in [0.25, 0.3) is 0 Å². The van der Waals surface area contributed by atoms with Crippen LogP contribution in [-0.2, 0) is 7.05 Å². The molecule has 92 valence electrons. The third-order valence-corrected chi connectivity index (χ3v) is 2.62. The Morgan fingerprint density at radius 1 is 1.33 bits per heavy atom. The fourth-order valence-electron chi connectivity index (χ4n) is 1.67. The van der Waals surface area contributed by atoms with Gasteiger partial charge in [0.2, 0.25) is 0 Å². The number of hydrogen-bond donors (Lipinski definition) is 1. The molecule has 4 heteroatoms. The third kappa shape index (κ3) is 2.66. The van der Waals surface area contributed by atoms with E-state index in [0.717, 1.165) is 11.3 Å². The molecule has 0 amide bonds. The normalized spacial score (nSPS) is 11.0. The third-order valence-electron chi connectivity index (χ3n) is 2.62. The number of rotatable bonds is 3. The van der Waals surface area contributed by atoms with Gasteiger partial charge in [-0.05, 0) is 43.3 Å². The molecule has 0 atom stereocenters. The Kier molecular flexibility index (Phi) is 3.28. The molecule has 0 radical (unpaired) electrons. The Balaban J connectivity index is 2.16. The quantitative estimate of drug-likeness (QED) is 0.664. The number of phenols is 1. The maximum absolute atomic E-state index is 11.9. The van der Waals surface area contributed by atoms with Gasteiger partial charge in [0.1, 0.15) is 5.75 Å². The number of nitrogens with zero attached hydrogens (tertiary/aromatic N) is 2. The Morgan fingerprint density at radius 3 is 2.56 bits per heavy atom. The van der Waals surface area contributed by atoms with Crippen molar-refractivity contribution in [3.8, 4) is 5.75 Å². The second-order valence-corrected chi connectivity index (χ2v) is 4.09. The summed E-state index contributed by atoms with van der Waals surface area (Å²) in [7, 11) is 1.84. The van der Waals surface area contributed by atoms with Crippen molar-refractivity contribution in [3.63, 3.8) is 0 Å². The molecular weight excluding hydrogens is 228 g/mol. The van der Waals surface area contributed by atoms with Crippen molar-refractivity contribution in [1.82, 2.24) is 9.78 Å². The fourth-order valence-corrected chi connectivity index (χ4v) is 1.67. The van der Waals surface area contributed by atoms with Gasteiger partial charge in [-0.2, -0.15) is 5.10 Å². The SMILES string of the molecule is Cc1nn(C)cc1C=CC(=O)c1ccc(O)cc1. The average Bonchev–Trinajstić information content (AvgIpc) is 2.66. The second kappa shape index (κ2) is 4.87. The summed E-state index contributed by atoms with van der Waals surface area (Å²) in [5.74, 6) is 0.0527. The molecular formula is C14H14N2O2. The largest absolute Gasteiger partial charge is 0.508 e. The number of aromatic hydroxyl groups is 1. The van der Waals surface area contributed by atoms with Gasteiger partial charge in [0.05, 0.1) is 5.69 Å². The molecule has 2 rings (SSSR count). The van der Waals surface area contributed by atoms with E-state index < -0.39 is 0 Å². The van der Waals surface area contributed by atoms with Crippen LogP contribution in [0.15, 0.2) is 36.5 Å². The minimum Gasteiger partial charge on any atom is -0.508 e. The number of phenolic OH excluding ortho intramolecular Hbond substituents is 1. The van der Waals surface area contributed by atoms with Crippen LogP contribution in [0.5, 0.6) is 5.75 Å². The van der Waals surface area contributed by atoms with Crippen molar-refractivity contribution >= 4 is 11.9 Å². The zero-order valence-electron chi connectivity index (χ0n) is 10.3. The van der Waals surface area contributed by atoms with Gasteiger partial charge >= 0.3 is 0 Å². The van der Waals surface area contributed by atoms with E-state index in [1.807, 2.05) is 20.2 Å². The van der Waals surface area contributed by atoms with Crippen LogP contribution in [0.25, 0.3) is 6.08 Å². The molecule has 0 saturated carbocycles. The van der Waals surface area contributed by atoms with Gasteiger partial charge in [-0.15, -0.1) is 0 Å². The number of benzene rings is 1. The van der Waals surface area contributed by atoms with E-state index >= 15 is 0 Å². The van der Waals surface area contributed by atoms with E-state index in [-0.39, 0.29) is 11.5 Å². The van der Waals surface area contributed by atoms with Crippen molar-refractivity contribution in [1.29, 1.82) is 0 Å². The highest BCUT2D eigenvalue weighted by molar-refractivity contribution is 6.06. The van der Waals surface area contributed by atoms with Gasteiger partial charge in [0, 0.05) is 24.4 Å². The lowest BCUT2D eigenvalue weighted by atomic mass is 10.1. The number of aromatic nitrogens is 2. The molecule has 0 bridgehead atoms. The number of ketones is 1. The number of aryl methyl sites for hydroxylation is 2. The van der Waals surface area contributed by atoms with Crippen LogP contribution in [-0.4, -0.2) is 20.7 Å². The number of carbonyl (C=O) groups is 1. The van der Waals surface area contributed by atoms with Crippen molar-refractivity contribution in [2.45, 2.75) is 6.92 Å². The molecule has 0 aliphatic carbocycles. The smallest absolute Gasteiger partial charge is 0.185 e. The Labute approximate surface area is 105 Å². The van der Waals surface area contributed by atoms with Crippen LogP contribution in [0.2, 0.25) is 0 Å². The molecule has 18 heavy (non-hydrogen) atoms. The molecule has 0 aliphatic rings. The highest BCUT2D eigenvalue weighted by Crippen LogP contribution is 2.12. The van der Waals surface area contributed by atoms with Crippen molar-refractivity contribution < 1.29 is 9.90 Å². The predicted octanol–water partition coefficient (Wildman–Crippen LogP) is 2.33. The minimum atomic E-state index is -0.0988.